The van der Waals surface area contributed by atoms with E-state index in [1.54, 1.807) is 0 Å². The Bertz CT molecular complexity index is 2780. The van der Waals surface area contributed by atoms with E-state index >= 15 is 0 Å². The minimum absolute atomic E-state index is 0. The smallest absolute Gasteiger partial charge is 0.651 e. The van der Waals surface area contributed by atoms with Crippen LogP contribution in [0.15, 0.2) is 0 Å². The fourth-order valence-electron chi connectivity index (χ4n) is 5.86. The van der Waals surface area contributed by atoms with Crippen LogP contribution in [0.5, 0.6) is 0 Å². The van der Waals surface area contributed by atoms with Gasteiger partial charge in [0.1, 0.15) is 69.8 Å². The zero-order valence-corrected chi connectivity index (χ0v) is 39.6. The van der Waals surface area contributed by atoms with Crippen molar-refractivity contribution in [3.05, 3.63) is 184 Å². The standard InChI is InChI=1S/2C18F14N2.2C4H8O.Al.Li/c2*19-1-3(21)9(27)15(10(28)4(1)22)33-17-13(31)7(25)8(26)14(32)18(17)34-16-11(29)5(23)2(20)6(24)12(16)30;2*1-2-4-5-3-1;;/h;;2*1-4H2;;/q2*-2;;;+3;+1. The van der Waals surface area contributed by atoms with Crippen LogP contribution in [0, 0.1) is 163 Å². The van der Waals surface area contributed by atoms with Gasteiger partial charge in [0.2, 0.25) is 0 Å². The van der Waals surface area contributed by atoms with Crippen molar-refractivity contribution in [1.29, 1.82) is 0 Å². The topological polar surface area (TPSA) is 74.9 Å². The third kappa shape index (κ3) is 13.3. The van der Waals surface area contributed by atoms with Gasteiger partial charge in [-0.15, -0.1) is 22.7 Å². The number of halogens is 28. The molecule has 6 nitrogen and oxygen atoms in total. The predicted octanol–water partition coefficient (Wildman–Crippen LogP) is 14.8. The molecule has 36 heteroatoms. The van der Waals surface area contributed by atoms with Crippen molar-refractivity contribution in [2.45, 2.75) is 25.7 Å². The van der Waals surface area contributed by atoms with Gasteiger partial charge in [-0.3, -0.25) is 0 Å². The molecular weight excluding hydrogens is 1180 g/mol. The van der Waals surface area contributed by atoms with Crippen molar-refractivity contribution >= 4 is 62.9 Å². The number of hydrogen-bond donors (Lipinski definition) is 0. The van der Waals surface area contributed by atoms with E-state index in [0.29, 0.717) is 0 Å². The van der Waals surface area contributed by atoms with E-state index in [4.69, 9.17) is 9.47 Å². The van der Waals surface area contributed by atoms with E-state index < -0.39 is 208 Å². The zero-order valence-electron chi connectivity index (χ0n) is 38.4. The van der Waals surface area contributed by atoms with Crippen LogP contribution < -0.4 is 18.9 Å². The summed E-state index contributed by atoms with van der Waals surface area (Å²) in [6, 6.07) is 0. The van der Waals surface area contributed by atoms with Crippen LogP contribution in [0.4, 0.5) is 168 Å². The number of hydrogen-bond acceptors (Lipinski definition) is 2. The largest absolute Gasteiger partial charge is 3.00 e. The second kappa shape index (κ2) is 27.9. The second-order valence-corrected chi connectivity index (χ2v) is 14.7. The molecule has 0 spiro atoms. The molecule has 424 valence electrons. The molecule has 0 aliphatic carbocycles. The molecule has 0 saturated carbocycles. The zero-order chi connectivity index (χ0) is 58.7. The summed E-state index contributed by atoms with van der Waals surface area (Å²) in [7, 11) is 0. The summed E-state index contributed by atoms with van der Waals surface area (Å²) in [6.45, 7) is 4.00. The van der Waals surface area contributed by atoms with Gasteiger partial charge in [-0.05, 0) is 25.7 Å². The van der Waals surface area contributed by atoms with Gasteiger partial charge < -0.3 is 30.7 Å². The first kappa shape index (κ1) is 67.9. The molecule has 0 unspecified atom stereocenters. The van der Waals surface area contributed by atoms with Gasteiger partial charge in [0.05, 0.1) is 0 Å². The SMILES string of the molecule is C1CCOC1.C1CCOC1.Fc1c(F)c(F)c([N-]c2c(F)c(F)c(F)c(F)c2[N-]c2c(F)c(F)c(F)c(F)c2F)c(F)c1F.Fc1c(F)c(F)c([N-]c2c(F)c(F)c(F)c(F)c2[N-]c2c(F)c(F)c(F)c(F)c2F)c(F)c1F.[Al+3].[Li+]. The molecule has 2 aliphatic rings. The van der Waals surface area contributed by atoms with Crippen molar-refractivity contribution in [1.82, 2.24) is 0 Å². The first-order chi connectivity index (χ1) is 36.4. The summed E-state index contributed by atoms with van der Waals surface area (Å²) in [6.07, 6.45) is 5.11. The Kier molecular flexibility index (Phi) is 23.6. The fraction of sp³-hybridized carbons (Fsp3) is 0.182. The molecule has 80 heavy (non-hydrogen) atoms. The van der Waals surface area contributed by atoms with Crippen LogP contribution in [0.1, 0.15) is 25.7 Å². The van der Waals surface area contributed by atoms with Crippen LogP contribution >= 0.6 is 0 Å². The minimum Gasteiger partial charge on any atom is -0.651 e. The molecule has 0 amide bonds. The number of nitrogens with zero attached hydrogens (tertiary/aromatic N) is 4. The number of ether oxygens (including phenoxy) is 2. The van der Waals surface area contributed by atoms with E-state index in [9.17, 15) is 123 Å². The molecule has 0 N–H and O–H groups in total. The Morgan fingerprint density at radius 3 is 0.375 bits per heavy atom. The van der Waals surface area contributed by atoms with Crippen LogP contribution in [-0.2, 0) is 9.47 Å². The van der Waals surface area contributed by atoms with Crippen LogP contribution in [-0.4, -0.2) is 43.8 Å². The normalized spacial score (nSPS) is 12.6. The van der Waals surface area contributed by atoms with Gasteiger partial charge in [0.15, 0.2) is 93.1 Å². The van der Waals surface area contributed by atoms with Gasteiger partial charge in [-0.2, -0.15) is 0 Å². The van der Waals surface area contributed by atoms with Crippen molar-refractivity contribution < 1.29 is 151 Å². The van der Waals surface area contributed by atoms with Gasteiger partial charge in [0, 0.05) is 26.4 Å². The maximum atomic E-state index is 14.2. The Morgan fingerprint density at radius 2 is 0.275 bits per heavy atom. The van der Waals surface area contributed by atoms with Crippen LogP contribution in [0.3, 0.4) is 0 Å². The van der Waals surface area contributed by atoms with Gasteiger partial charge in [0.25, 0.3) is 0 Å². The molecule has 6 aromatic rings. The Balaban J connectivity index is 0.000000348. The number of benzene rings is 6. The summed E-state index contributed by atoms with van der Waals surface area (Å²) < 4.78 is 391. The van der Waals surface area contributed by atoms with Gasteiger partial charge >= 0.3 is 36.2 Å². The Labute approximate surface area is 449 Å². The van der Waals surface area contributed by atoms with E-state index in [1.165, 1.54) is 25.7 Å². The van der Waals surface area contributed by atoms with Crippen LogP contribution in [0.2, 0.25) is 0 Å². The van der Waals surface area contributed by atoms with Crippen molar-refractivity contribution in [2.75, 3.05) is 26.4 Å². The molecular formula is C44H16AlF28LiN4O2. The average Bonchev–Trinajstić information content (AvgIpc) is 4.23. The summed E-state index contributed by atoms with van der Waals surface area (Å²) in [5.74, 6) is -77.0. The van der Waals surface area contributed by atoms with Crippen molar-refractivity contribution in [2.24, 2.45) is 0 Å². The molecule has 2 fully saturated rings. The second-order valence-electron chi connectivity index (χ2n) is 14.7. The van der Waals surface area contributed by atoms with Gasteiger partial charge in [-0.25, -0.2) is 123 Å². The van der Waals surface area contributed by atoms with E-state index in [1.807, 2.05) is 0 Å². The summed E-state index contributed by atoms with van der Waals surface area (Å²) in [5, 5.41) is 9.86. The first-order valence-electron chi connectivity index (χ1n) is 20.2. The first-order valence-corrected chi connectivity index (χ1v) is 20.2. The summed E-state index contributed by atoms with van der Waals surface area (Å²) in [4.78, 5) is 0. The monoisotopic (exact) mass is 1200 g/mol. The summed E-state index contributed by atoms with van der Waals surface area (Å²) >= 11 is 0. The average molecular weight is 1200 g/mol. The minimum atomic E-state index is -2.81. The molecule has 6 aromatic carbocycles. The van der Waals surface area contributed by atoms with Crippen LogP contribution in [0.25, 0.3) is 21.3 Å². The van der Waals surface area contributed by atoms with Gasteiger partial charge in [-0.1, -0.05) is 22.7 Å². The maximum Gasteiger partial charge on any atom is 3.00 e. The maximum absolute atomic E-state index is 14.2. The molecule has 2 aliphatic heterocycles. The van der Waals surface area contributed by atoms with E-state index in [2.05, 4.69) is 21.3 Å². The molecule has 2 saturated heterocycles. The number of rotatable bonds is 8. The molecule has 0 aromatic heterocycles. The Hall–Kier alpha value is -6.39. The summed E-state index contributed by atoms with van der Waals surface area (Å²) in [5.41, 5.74) is -18.3. The quantitative estimate of drug-likeness (QED) is 0.0659. The molecule has 0 radical (unpaired) electrons. The predicted molar refractivity (Wildman–Crippen MR) is 214 cm³/mol. The van der Waals surface area contributed by atoms with Crippen molar-refractivity contribution in [3.8, 4) is 0 Å². The van der Waals surface area contributed by atoms with Crippen molar-refractivity contribution in [3.63, 3.8) is 0 Å². The third-order valence-corrected chi connectivity index (χ3v) is 9.73. The van der Waals surface area contributed by atoms with E-state index in [0.717, 1.165) is 26.4 Å². The Morgan fingerprint density at radius 1 is 0.175 bits per heavy atom. The molecule has 0 bridgehead atoms. The molecule has 8 rings (SSSR count). The third-order valence-electron chi connectivity index (χ3n) is 9.73. The molecule has 2 heterocycles. The molecule has 0 atom stereocenters. The van der Waals surface area contributed by atoms with E-state index in [-0.39, 0.29) is 36.2 Å². The fourth-order valence-corrected chi connectivity index (χ4v) is 5.86.